The molecular formula is C12H13N3O6S. The Balaban J connectivity index is 2.44. The monoisotopic (exact) mass is 327 g/mol. The van der Waals surface area contributed by atoms with Gasteiger partial charge in [-0.3, -0.25) is 19.9 Å². The largest absolute Gasteiger partial charge is 0.479 e. The Morgan fingerprint density at radius 1 is 1.45 bits per heavy atom. The molecule has 22 heavy (non-hydrogen) atoms. The molecule has 2 heterocycles. The smallest absolute Gasteiger partial charge is 0.341 e. The van der Waals surface area contributed by atoms with E-state index in [1.165, 1.54) is 16.8 Å². The number of fused-ring (bicyclic) bond motifs is 1. The van der Waals surface area contributed by atoms with Gasteiger partial charge in [0.15, 0.2) is 6.61 Å². The Hall–Kier alpha value is -2.46. The number of carbonyl (C=O) groups is 2. The van der Waals surface area contributed by atoms with Gasteiger partial charge in [-0.15, -0.1) is 0 Å². The summed E-state index contributed by atoms with van der Waals surface area (Å²) >= 11 is 0. The molecule has 4 N–H and O–H groups in total. The predicted molar refractivity (Wildman–Crippen MR) is 76.4 cm³/mol. The van der Waals surface area contributed by atoms with E-state index in [0.717, 1.165) is 0 Å². The summed E-state index contributed by atoms with van der Waals surface area (Å²) in [6, 6.07) is 0. The molecule has 10 heteroatoms. The molecule has 1 aliphatic rings. The van der Waals surface area contributed by atoms with Gasteiger partial charge in [-0.1, -0.05) is 0 Å². The number of hydroxylamine groups is 1. The van der Waals surface area contributed by atoms with Crippen molar-refractivity contribution in [3.05, 3.63) is 32.6 Å². The third kappa shape index (κ3) is 2.78. The van der Waals surface area contributed by atoms with Crippen molar-refractivity contribution in [1.29, 1.82) is 4.78 Å². The lowest BCUT2D eigenvalue weighted by molar-refractivity contribution is -0.144. The average molecular weight is 327 g/mol. The maximum Gasteiger partial charge on any atom is 0.341 e. The molecule has 1 aliphatic heterocycles. The van der Waals surface area contributed by atoms with Crippen molar-refractivity contribution in [2.24, 2.45) is 0 Å². The number of nitrogens with one attached hydrogen (secondary N) is 2. The predicted octanol–water partition coefficient (Wildman–Crippen LogP) is 0.224. The molecular weight excluding hydrogens is 314 g/mol. The molecule has 0 fully saturated rings. The second-order valence-corrected chi connectivity index (χ2v) is 5.72. The van der Waals surface area contributed by atoms with E-state index in [0.29, 0.717) is 11.6 Å². The molecule has 0 saturated heterocycles. The van der Waals surface area contributed by atoms with Crippen LogP contribution in [-0.4, -0.2) is 33.3 Å². The number of hydrogen-bond donors (Lipinski definition) is 4. The van der Waals surface area contributed by atoms with Crippen LogP contribution < -0.4 is 10.9 Å². The maximum absolute atomic E-state index is 12.2. The Kier molecular flexibility index (Phi) is 4.43. The molecule has 1 atom stereocenters. The molecule has 0 amide bonds. The van der Waals surface area contributed by atoms with Crippen molar-refractivity contribution in [2.75, 3.05) is 6.61 Å². The molecule has 0 spiro atoms. The molecule has 118 valence electrons. The molecule has 9 nitrogen and oxygen atoms in total. The minimum atomic E-state index is -1.34. The second kappa shape index (κ2) is 6.12. The van der Waals surface area contributed by atoms with Gasteiger partial charge < -0.3 is 14.8 Å². The number of aromatic nitrogens is 1. The summed E-state index contributed by atoms with van der Waals surface area (Å²) in [6.45, 7) is 1.55. The van der Waals surface area contributed by atoms with Gasteiger partial charge in [0.05, 0.1) is 5.56 Å². The highest BCUT2D eigenvalue weighted by molar-refractivity contribution is 7.90. The Morgan fingerprint density at radius 2 is 2.14 bits per heavy atom. The zero-order valence-corrected chi connectivity index (χ0v) is 12.3. The van der Waals surface area contributed by atoms with Crippen LogP contribution in [0.2, 0.25) is 0 Å². The highest BCUT2D eigenvalue weighted by Gasteiger charge is 2.27. The number of hydrogen-bond acceptors (Lipinski definition) is 6. The molecule has 0 saturated carbocycles. The lowest BCUT2D eigenvalue weighted by Crippen LogP contribution is -2.23. The Morgan fingerprint density at radius 3 is 2.68 bits per heavy atom. The van der Waals surface area contributed by atoms with Gasteiger partial charge in [-0.2, -0.15) is 0 Å². The summed E-state index contributed by atoms with van der Waals surface area (Å²) in [5, 5.41) is 18.1. The van der Waals surface area contributed by atoms with Crippen LogP contribution in [0.15, 0.2) is 21.0 Å². The number of aromatic carboxylic acids is 1. The summed E-state index contributed by atoms with van der Waals surface area (Å²) in [5.74, 6) is -2.52. The van der Waals surface area contributed by atoms with Crippen molar-refractivity contribution < 1.29 is 24.6 Å². The van der Waals surface area contributed by atoms with Crippen LogP contribution >= 0.6 is 0 Å². The quantitative estimate of drug-likeness (QED) is 0.548. The number of aryl methyl sites for hydroxylation is 1. The van der Waals surface area contributed by atoms with E-state index >= 15 is 0 Å². The summed E-state index contributed by atoms with van der Waals surface area (Å²) in [4.78, 5) is 38.4. The number of carboxylic acid groups (broad SMARTS) is 2. The summed E-state index contributed by atoms with van der Waals surface area (Å²) in [5.41, 5.74) is 1.41. The van der Waals surface area contributed by atoms with Crippen molar-refractivity contribution in [1.82, 2.24) is 10.0 Å². The van der Waals surface area contributed by atoms with Gasteiger partial charge in [-0.25, -0.2) is 9.59 Å². The zero-order chi connectivity index (χ0) is 16.4. The van der Waals surface area contributed by atoms with Gasteiger partial charge >= 0.3 is 11.9 Å². The van der Waals surface area contributed by atoms with Crippen LogP contribution in [0, 0.1) is 4.78 Å². The van der Waals surface area contributed by atoms with Gasteiger partial charge in [-0.05, 0) is 23.7 Å². The van der Waals surface area contributed by atoms with Crippen LogP contribution in [0.1, 0.15) is 22.8 Å². The van der Waals surface area contributed by atoms with E-state index < -0.39 is 34.7 Å². The average Bonchev–Trinajstić information content (AvgIpc) is 2.77. The van der Waals surface area contributed by atoms with E-state index in [2.05, 4.69) is 5.48 Å². The Labute approximate surface area is 126 Å². The lowest BCUT2D eigenvalue weighted by Gasteiger charge is -2.13. The van der Waals surface area contributed by atoms with Gasteiger partial charge in [0.25, 0.3) is 0 Å². The van der Waals surface area contributed by atoms with E-state index in [9.17, 15) is 14.4 Å². The first-order chi connectivity index (χ1) is 10.4. The fourth-order valence-electron chi connectivity index (χ4n) is 1.95. The number of pyridine rings is 1. The zero-order valence-electron chi connectivity index (χ0n) is 11.5. The number of nitrogens with zero attached hydrogens (tertiary/aromatic N) is 1. The number of aliphatic carboxylic acids is 1. The summed E-state index contributed by atoms with van der Waals surface area (Å²) in [6.07, 6.45) is 2.54. The minimum absolute atomic E-state index is 0.113. The molecule has 1 aromatic rings. The van der Waals surface area contributed by atoms with Gasteiger partial charge in [0, 0.05) is 12.7 Å². The van der Waals surface area contributed by atoms with Gasteiger partial charge in [0.1, 0.15) is 15.6 Å². The molecule has 1 aromatic heterocycles. The molecule has 0 aliphatic carbocycles. The number of rotatable bonds is 6. The first-order valence-corrected chi connectivity index (χ1v) is 7.36. The third-order valence-electron chi connectivity index (χ3n) is 2.89. The van der Waals surface area contributed by atoms with Crippen molar-refractivity contribution >= 4 is 28.7 Å². The highest BCUT2D eigenvalue weighted by atomic mass is 32.2. The second-order valence-electron chi connectivity index (χ2n) is 4.28. The molecule has 0 bridgehead atoms. The Bertz CT molecular complexity index is 767. The first-order valence-electron chi connectivity index (χ1n) is 6.14. The SMILES string of the molecule is CCn1cc(C(=O)O)c(=O)c2c1S(=N)C(NOCC(=O)O)=C2. The highest BCUT2D eigenvalue weighted by Crippen LogP contribution is 2.27. The van der Waals surface area contributed by atoms with E-state index in [1.54, 1.807) is 6.92 Å². The van der Waals surface area contributed by atoms with E-state index in [-0.39, 0.29) is 16.2 Å². The van der Waals surface area contributed by atoms with Crippen molar-refractivity contribution in [2.45, 2.75) is 18.5 Å². The normalized spacial score (nSPS) is 16.0. The van der Waals surface area contributed by atoms with Crippen LogP contribution in [-0.2, 0) is 26.9 Å². The standard InChI is InChI=1S/C12H13N3O6S/c1-2-15-4-7(12(19)20)10(18)6-3-8(22(13)11(6)15)14-21-5-9(16)17/h3-4,13-14H,2,5H2,1H3,(H,16,17)(H,19,20). The van der Waals surface area contributed by atoms with Gasteiger partial charge in [0.2, 0.25) is 5.43 Å². The molecule has 2 rings (SSSR count). The lowest BCUT2D eigenvalue weighted by atomic mass is 10.2. The maximum atomic E-state index is 12.2. The van der Waals surface area contributed by atoms with Crippen LogP contribution in [0.4, 0.5) is 0 Å². The van der Waals surface area contributed by atoms with Crippen molar-refractivity contribution in [3.8, 4) is 0 Å². The molecule has 1 unspecified atom stereocenters. The van der Waals surface area contributed by atoms with Crippen LogP contribution in [0.5, 0.6) is 0 Å². The fraction of sp³-hybridized carbons (Fsp3) is 0.250. The number of carboxylic acids is 2. The summed E-state index contributed by atoms with van der Waals surface area (Å²) in [7, 11) is -1.29. The molecule has 0 aromatic carbocycles. The minimum Gasteiger partial charge on any atom is -0.479 e. The first kappa shape index (κ1) is 15.9. The molecule has 0 radical (unpaired) electrons. The topological polar surface area (TPSA) is 142 Å². The van der Waals surface area contributed by atoms with E-state index in [4.69, 9.17) is 19.8 Å². The van der Waals surface area contributed by atoms with Crippen LogP contribution in [0.3, 0.4) is 0 Å². The fourth-order valence-corrected chi connectivity index (χ4v) is 3.32. The van der Waals surface area contributed by atoms with Crippen LogP contribution in [0.25, 0.3) is 6.08 Å². The van der Waals surface area contributed by atoms with Crippen molar-refractivity contribution in [3.63, 3.8) is 0 Å². The van der Waals surface area contributed by atoms with E-state index in [1.807, 2.05) is 0 Å². The third-order valence-corrected chi connectivity index (χ3v) is 4.38. The summed E-state index contributed by atoms with van der Waals surface area (Å²) < 4.78 is 9.66.